The lowest BCUT2D eigenvalue weighted by Crippen LogP contribution is -2.53. The van der Waals surface area contributed by atoms with Crippen LogP contribution in [0.5, 0.6) is 0 Å². The van der Waals surface area contributed by atoms with E-state index in [1.54, 1.807) is 6.07 Å². The highest BCUT2D eigenvalue weighted by Crippen LogP contribution is 2.34. The normalized spacial score (nSPS) is 17.9. The summed E-state index contributed by atoms with van der Waals surface area (Å²) >= 11 is 0. The topological polar surface area (TPSA) is 79.2 Å². The van der Waals surface area contributed by atoms with Crippen LogP contribution >= 0.6 is 0 Å². The summed E-state index contributed by atoms with van der Waals surface area (Å²) in [7, 11) is 0.639. The Bertz CT molecular complexity index is 830. The summed E-state index contributed by atoms with van der Waals surface area (Å²) in [4.78, 5) is 12.0. The van der Waals surface area contributed by atoms with Crippen molar-refractivity contribution >= 4 is 17.5 Å². The highest BCUT2D eigenvalue weighted by Gasteiger charge is 2.54. The van der Waals surface area contributed by atoms with E-state index >= 15 is 0 Å². The Hall–Kier alpha value is -2.59. The van der Waals surface area contributed by atoms with Gasteiger partial charge >= 0.3 is 12.3 Å². The molecule has 3 rings (SSSR count). The van der Waals surface area contributed by atoms with Crippen molar-refractivity contribution in [3.63, 3.8) is 0 Å². The molecule has 0 bridgehead atoms. The molecule has 1 aliphatic carbocycles. The van der Waals surface area contributed by atoms with Crippen molar-refractivity contribution in [2.45, 2.75) is 32.1 Å². The van der Waals surface area contributed by atoms with E-state index in [-0.39, 0.29) is 23.6 Å². The predicted molar refractivity (Wildman–Crippen MR) is 93.5 cm³/mol. The van der Waals surface area contributed by atoms with Gasteiger partial charge in [0.2, 0.25) is 0 Å². The van der Waals surface area contributed by atoms with Gasteiger partial charge < -0.3 is 5.32 Å². The molecule has 3 N–H and O–H groups in total. The number of hydrogen-bond acceptors (Lipinski definition) is 3. The number of nitrogens with zero attached hydrogens (tertiary/aromatic N) is 3. The predicted octanol–water partition coefficient (Wildman–Crippen LogP) is 3.64. The molecule has 7 nitrogen and oxygen atoms in total. The molecule has 1 aromatic carbocycles. The van der Waals surface area contributed by atoms with Gasteiger partial charge in [-0.15, -0.1) is 18.3 Å². The quantitative estimate of drug-likeness (QED) is 0.418. The first-order valence-corrected chi connectivity index (χ1v) is 8.48. The van der Waals surface area contributed by atoms with Gasteiger partial charge in [0.1, 0.15) is 7.05 Å². The van der Waals surface area contributed by atoms with Crippen molar-refractivity contribution in [2.24, 2.45) is 5.92 Å². The standard InChI is InChI=1S/C17H20F3N5O2/c1-11(12-6-7-12)21-16(26)22-15-8-9-24(23-15)13-4-3-5-14(10-13)25(2,27)17(18,19)20/h3-5,8-12,27H,6-7H2,1-2H3,(H-,21,22,23,26)/p+1/t11-,25?/m0/s1. The average molecular weight is 384 g/mol. The molecule has 10 heteroatoms. The van der Waals surface area contributed by atoms with E-state index < -0.39 is 10.9 Å². The first kappa shape index (κ1) is 19.2. The number of nitrogens with one attached hydrogen (secondary N) is 2. The number of benzene rings is 1. The molecule has 2 amide bonds. The van der Waals surface area contributed by atoms with Crippen LogP contribution in [0.3, 0.4) is 0 Å². The van der Waals surface area contributed by atoms with Crippen LogP contribution in [0.1, 0.15) is 19.8 Å². The highest BCUT2D eigenvalue weighted by atomic mass is 19.4. The van der Waals surface area contributed by atoms with Crippen molar-refractivity contribution in [2.75, 3.05) is 12.4 Å². The number of anilines is 1. The number of quaternary nitrogens is 1. The van der Waals surface area contributed by atoms with Crippen molar-refractivity contribution in [3.8, 4) is 5.69 Å². The SMILES string of the molecule is C[C@H](NC(=O)Nc1ccn(-c2cccc([N+](C)(O)C(F)(F)F)c2)n1)C1CC1. The van der Waals surface area contributed by atoms with Crippen molar-refractivity contribution in [1.29, 1.82) is 0 Å². The van der Waals surface area contributed by atoms with Gasteiger partial charge in [0.25, 0.3) is 0 Å². The zero-order valence-electron chi connectivity index (χ0n) is 14.9. The summed E-state index contributed by atoms with van der Waals surface area (Å²) in [6.45, 7) is 1.94. The van der Waals surface area contributed by atoms with Gasteiger partial charge in [0.15, 0.2) is 11.5 Å². The van der Waals surface area contributed by atoms with E-state index in [9.17, 15) is 23.2 Å². The van der Waals surface area contributed by atoms with Gasteiger partial charge in [-0.2, -0.15) is 0 Å². The molecule has 0 saturated heterocycles. The van der Waals surface area contributed by atoms with E-state index in [1.165, 1.54) is 35.1 Å². The number of urea groups is 1. The number of halogens is 3. The molecule has 2 atom stereocenters. The first-order valence-electron chi connectivity index (χ1n) is 8.48. The summed E-state index contributed by atoms with van der Waals surface area (Å²) in [5, 5.41) is 19.3. The summed E-state index contributed by atoms with van der Waals surface area (Å²) in [5.41, 5.74) is -0.0454. The molecule has 2 aromatic rings. The molecular weight excluding hydrogens is 363 g/mol. The lowest BCUT2D eigenvalue weighted by molar-refractivity contribution is -0.329. The molecule has 1 aromatic heterocycles. The van der Waals surface area contributed by atoms with E-state index in [1.807, 2.05) is 6.92 Å². The van der Waals surface area contributed by atoms with Gasteiger partial charge in [-0.3, -0.25) is 5.32 Å². The maximum Gasteiger partial charge on any atom is 0.597 e. The molecule has 0 spiro atoms. The number of amides is 2. The molecular formula is C17H21F3N5O2+. The number of hydrogen-bond donors (Lipinski definition) is 3. The second kappa shape index (κ2) is 6.86. The van der Waals surface area contributed by atoms with Crippen LogP contribution in [-0.2, 0) is 0 Å². The Morgan fingerprint density at radius 1 is 1.37 bits per heavy atom. The van der Waals surface area contributed by atoms with E-state index in [2.05, 4.69) is 15.7 Å². The highest BCUT2D eigenvalue weighted by molar-refractivity contribution is 5.88. The minimum atomic E-state index is -4.87. The number of alkyl halides is 3. The third-order valence-corrected chi connectivity index (χ3v) is 4.61. The van der Waals surface area contributed by atoms with Crippen LogP contribution in [0.25, 0.3) is 5.69 Å². The second-order valence-corrected chi connectivity index (χ2v) is 6.82. The third-order valence-electron chi connectivity index (χ3n) is 4.61. The van der Waals surface area contributed by atoms with Crippen molar-refractivity contribution < 1.29 is 23.2 Å². The van der Waals surface area contributed by atoms with Gasteiger partial charge in [-0.1, -0.05) is 10.7 Å². The molecule has 1 saturated carbocycles. The second-order valence-electron chi connectivity index (χ2n) is 6.82. The summed E-state index contributed by atoms with van der Waals surface area (Å²) in [6.07, 6.45) is -1.15. The lowest BCUT2D eigenvalue weighted by atomic mass is 10.2. The zero-order valence-corrected chi connectivity index (χ0v) is 14.9. The summed E-state index contributed by atoms with van der Waals surface area (Å²) < 4.78 is 38.1. The fourth-order valence-electron chi connectivity index (χ4n) is 2.66. The maximum absolute atomic E-state index is 13.0. The fraction of sp³-hybridized carbons (Fsp3) is 0.412. The zero-order chi connectivity index (χ0) is 19.8. The molecule has 1 unspecified atom stereocenters. The smallest absolute Gasteiger partial charge is 0.335 e. The van der Waals surface area contributed by atoms with Gasteiger partial charge in [0, 0.05) is 30.4 Å². The number of carbonyl (C=O) groups excluding carboxylic acids is 1. The molecule has 146 valence electrons. The Balaban J connectivity index is 1.72. The maximum atomic E-state index is 13.0. The van der Waals surface area contributed by atoms with Crippen LogP contribution in [0.2, 0.25) is 0 Å². The monoisotopic (exact) mass is 384 g/mol. The van der Waals surface area contributed by atoms with E-state index in [0.29, 0.717) is 18.7 Å². The number of aromatic nitrogens is 2. The molecule has 1 heterocycles. The Labute approximate surface area is 153 Å². The van der Waals surface area contributed by atoms with Crippen molar-refractivity contribution in [1.82, 2.24) is 19.7 Å². The van der Waals surface area contributed by atoms with E-state index in [4.69, 9.17) is 0 Å². The van der Waals surface area contributed by atoms with Crippen LogP contribution in [0.15, 0.2) is 36.5 Å². The lowest BCUT2D eigenvalue weighted by Gasteiger charge is -2.26. The number of rotatable bonds is 5. The summed E-state index contributed by atoms with van der Waals surface area (Å²) in [6, 6.07) is 6.51. The van der Waals surface area contributed by atoms with E-state index in [0.717, 1.165) is 12.8 Å². The minimum absolute atomic E-state index is 0.0751. The largest absolute Gasteiger partial charge is 0.597 e. The van der Waals surface area contributed by atoms with Crippen LogP contribution in [0.4, 0.5) is 29.5 Å². The number of carbonyl (C=O) groups is 1. The van der Waals surface area contributed by atoms with Crippen LogP contribution in [-0.4, -0.2) is 40.4 Å². The van der Waals surface area contributed by atoms with Crippen LogP contribution < -0.4 is 15.3 Å². The van der Waals surface area contributed by atoms with Gasteiger partial charge in [-0.25, -0.2) is 14.7 Å². The Morgan fingerprint density at radius 2 is 2.07 bits per heavy atom. The van der Waals surface area contributed by atoms with Gasteiger partial charge in [-0.05, 0) is 31.7 Å². The van der Waals surface area contributed by atoms with Gasteiger partial charge in [0.05, 0.1) is 5.69 Å². The summed E-state index contributed by atoms with van der Waals surface area (Å²) in [5.74, 6) is 0.772. The molecule has 0 radical (unpaired) electrons. The molecule has 1 fully saturated rings. The molecule has 0 aliphatic heterocycles. The minimum Gasteiger partial charge on any atom is -0.335 e. The fourth-order valence-corrected chi connectivity index (χ4v) is 2.66. The average Bonchev–Trinajstić information content (AvgIpc) is 3.34. The molecule has 1 aliphatic rings. The Morgan fingerprint density at radius 3 is 2.70 bits per heavy atom. The number of hydroxylamine groups is 2. The van der Waals surface area contributed by atoms with Crippen molar-refractivity contribution in [3.05, 3.63) is 36.5 Å². The van der Waals surface area contributed by atoms with Crippen LogP contribution in [0, 0.1) is 5.92 Å². The Kier molecular flexibility index (Phi) is 4.87. The molecule has 27 heavy (non-hydrogen) atoms. The third kappa shape index (κ3) is 4.22. The first-order chi connectivity index (χ1) is 12.6.